The lowest BCUT2D eigenvalue weighted by atomic mass is 10.1. The zero-order chi connectivity index (χ0) is 22.3. The third-order valence-corrected chi connectivity index (χ3v) is 5.84. The molecule has 2 aromatic carbocycles. The van der Waals surface area contributed by atoms with E-state index in [-0.39, 0.29) is 5.91 Å². The smallest absolute Gasteiger partial charge is 0.267 e. The molecule has 9 heteroatoms. The molecular weight excluding hydrogens is 426 g/mol. The van der Waals surface area contributed by atoms with E-state index < -0.39 is 5.91 Å². The second-order valence-corrected chi connectivity index (χ2v) is 8.07. The average molecular weight is 450 g/mol. The highest BCUT2D eigenvalue weighted by Gasteiger charge is 2.13. The molecule has 0 unspecified atom stereocenters. The maximum absolute atomic E-state index is 12.6. The number of piperazine rings is 1. The van der Waals surface area contributed by atoms with Crippen molar-refractivity contribution in [2.75, 3.05) is 36.4 Å². The fourth-order valence-corrected chi connectivity index (χ4v) is 4.07. The predicted octanol–water partition coefficient (Wildman–Crippen LogP) is 2.99. The summed E-state index contributed by atoms with van der Waals surface area (Å²) in [5.74, 6) is -0.784. The van der Waals surface area contributed by atoms with Crippen LogP contribution in [0.25, 0.3) is 17.3 Å². The molecule has 8 nitrogen and oxygen atoms in total. The van der Waals surface area contributed by atoms with Crippen molar-refractivity contribution < 1.29 is 14.8 Å². The largest absolute Gasteiger partial charge is 0.369 e. The predicted molar refractivity (Wildman–Crippen MR) is 126 cm³/mol. The summed E-state index contributed by atoms with van der Waals surface area (Å²) < 4.78 is 0. The highest BCUT2D eigenvalue weighted by Crippen LogP contribution is 2.26. The van der Waals surface area contributed by atoms with Crippen molar-refractivity contribution in [3.63, 3.8) is 0 Å². The molecule has 1 fully saturated rings. The third-order valence-electron chi connectivity index (χ3n) is 5.08. The SMILES string of the molecule is O=C(/C=C/c1ccc(-c2csc(NC(=O)c3ccc(N4CCNCC4)cc3)n2)cc1)NO. The van der Waals surface area contributed by atoms with E-state index in [9.17, 15) is 9.59 Å². The number of aromatic nitrogens is 1. The van der Waals surface area contributed by atoms with Crippen LogP contribution in [0.15, 0.2) is 60.0 Å². The number of hydrogen-bond acceptors (Lipinski definition) is 7. The number of carbonyl (C=O) groups excluding carboxylic acids is 2. The van der Waals surface area contributed by atoms with Gasteiger partial charge in [-0.2, -0.15) is 0 Å². The Morgan fingerprint density at radius 1 is 1.06 bits per heavy atom. The Kier molecular flexibility index (Phi) is 6.90. The van der Waals surface area contributed by atoms with Gasteiger partial charge in [0.2, 0.25) is 0 Å². The van der Waals surface area contributed by atoms with Gasteiger partial charge in [0.05, 0.1) is 5.69 Å². The number of hydroxylamine groups is 1. The molecule has 4 N–H and O–H groups in total. The lowest BCUT2D eigenvalue weighted by Crippen LogP contribution is -2.43. The molecule has 0 radical (unpaired) electrons. The van der Waals surface area contributed by atoms with Gasteiger partial charge in [0, 0.05) is 54.4 Å². The zero-order valence-electron chi connectivity index (χ0n) is 17.2. The molecule has 0 atom stereocenters. The van der Waals surface area contributed by atoms with Gasteiger partial charge in [0.25, 0.3) is 11.8 Å². The minimum atomic E-state index is -0.590. The first-order chi connectivity index (χ1) is 15.6. The molecule has 0 aliphatic carbocycles. The molecule has 2 heterocycles. The summed E-state index contributed by atoms with van der Waals surface area (Å²) in [7, 11) is 0. The normalized spacial score (nSPS) is 13.8. The first-order valence-electron chi connectivity index (χ1n) is 10.2. The maximum atomic E-state index is 12.6. The second-order valence-electron chi connectivity index (χ2n) is 7.21. The Morgan fingerprint density at radius 3 is 2.47 bits per heavy atom. The third kappa shape index (κ3) is 5.38. The Bertz CT molecular complexity index is 1100. The highest BCUT2D eigenvalue weighted by atomic mass is 32.1. The molecule has 0 spiro atoms. The molecule has 1 aliphatic heterocycles. The number of benzene rings is 2. The maximum Gasteiger partial charge on any atom is 0.267 e. The van der Waals surface area contributed by atoms with Crippen LogP contribution in [0.3, 0.4) is 0 Å². The summed E-state index contributed by atoms with van der Waals surface area (Å²) in [6, 6.07) is 15.1. The molecule has 0 saturated carbocycles. The summed E-state index contributed by atoms with van der Waals surface area (Å²) >= 11 is 1.36. The number of carbonyl (C=O) groups is 2. The highest BCUT2D eigenvalue weighted by molar-refractivity contribution is 7.14. The topological polar surface area (TPSA) is 107 Å². The molecule has 1 aliphatic rings. The number of thiazole rings is 1. The first kappa shape index (κ1) is 21.7. The van der Waals surface area contributed by atoms with Crippen LogP contribution in [0.4, 0.5) is 10.8 Å². The van der Waals surface area contributed by atoms with E-state index in [0.29, 0.717) is 10.7 Å². The molecule has 32 heavy (non-hydrogen) atoms. The van der Waals surface area contributed by atoms with Crippen LogP contribution in [-0.2, 0) is 4.79 Å². The van der Waals surface area contributed by atoms with E-state index in [1.165, 1.54) is 17.4 Å². The number of nitrogens with zero attached hydrogens (tertiary/aromatic N) is 2. The molecule has 4 rings (SSSR count). The summed E-state index contributed by atoms with van der Waals surface area (Å²) in [5.41, 5.74) is 5.71. The molecule has 3 aromatic rings. The number of amides is 2. The fourth-order valence-electron chi connectivity index (χ4n) is 3.35. The van der Waals surface area contributed by atoms with Gasteiger partial charge in [-0.1, -0.05) is 24.3 Å². The van der Waals surface area contributed by atoms with Gasteiger partial charge in [-0.3, -0.25) is 20.1 Å². The van der Waals surface area contributed by atoms with Crippen LogP contribution in [0.5, 0.6) is 0 Å². The Morgan fingerprint density at radius 2 is 1.78 bits per heavy atom. The van der Waals surface area contributed by atoms with Crippen LogP contribution < -0.4 is 21.0 Å². The van der Waals surface area contributed by atoms with Gasteiger partial charge in [-0.25, -0.2) is 10.5 Å². The molecule has 1 saturated heterocycles. The van der Waals surface area contributed by atoms with Crippen molar-refractivity contribution in [1.29, 1.82) is 0 Å². The fraction of sp³-hybridized carbons (Fsp3) is 0.174. The van der Waals surface area contributed by atoms with Crippen molar-refractivity contribution in [2.45, 2.75) is 0 Å². The standard InChI is InChI=1S/C23H23N5O3S/c29-21(27-31)10-3-16-1-4-17(5-2-16)20-15-32-23(25-20)26-22(30)18-6-8-19(9-7-18)28-13-11-24-12-14-28/h1-10,15,24,31H,11-14H2,(H,27,29)(H,25,26,30)/b10-3+. The van der Waals surface area contributed by atoms with Crippen LogP contribution in [0.1, 0.15) is 15.9 Å². The monoisotopic (exact) mass is 449 g/mol. The van der Waals surface area contributed by atoms with Gasteiger partial charge < -0.3 is 10.2 Å². The lowest BCUT2D eigenvalue weighted by Gasteiger charge is -2.29. The number of rotatable bonds is 6. The van der Waals surface area contributed by atoms with Crippen molar-refractivity contribution >= 4 is 40.0 Å². The number of anilines is 2. The van der Waals surface area contributed by atoms with Crippen LogP contribution >= 0.6 is 11.3 Å². The quantitative estimate of drug-likeness (QED) is 0.262. The van der Waals surface area contributed by atoms with E-state index in [1.54, 1.807) is 11.6 Å². The van der Waals surface area contributed by atoms with Gasteiger partial charge in [0.15, 0.2) is 5.13 Å². The number of nitrogens with one attached hydrogen (secondary N) is 3. The Balaban J connectivity index is 1.38. The van der Waals surface area contributed by atoms with Gasteiger partial charge >= 0.3 is 0 Å². The van der Waals surface area contributed by atoms with Crippen molar-refractivity contribution in [3.8, 4) is 11.3 Å². The van der Waals surface area contributed by atoms with E-state index in [0.717, 1.165) is 48.7 Å². The van der Waals surface area contributed by atoms with Crippen LogP contribution in [0.2, 0.25) is 0 Å². The summed E-state index contributed by atoms with van der Waals surface area (Å²) in [5, 5.41) is 17.1. The van der Waals surface area contributed by atoms with Gasteiger partial charge in [0.1, 0.15) is 0 Å². The van der Waals surface area contributed by atoms with E-state index >= 15 is 0 Å². The van der Waals surface area contributed by atoms with Crippen molar-refractivity contribution in [2.24, 2.45) is 0 Å². The minimum Gasteiger partial charge on any atom is -0.369 e. The van der Waals surface area contributed by atoms with Gasteiger partial charge in [-0.15, -0.1) is 11.3 Å². The number of hydrogen-bond donors (Lipinski definition) is 4. The van der Waals surface area contributed by atoms with Crippen LogP contribution in [-0.4, -0.2) is 48.2 Å². The van der Waals surface area contributed by atoms with Crippen molar-refractivity contribution in [3.05, 3.63) is 71.1 Å². The van der Waals surface area contributed by atoms with Gasteiger partial charge in [-0.05, 0) is 35.9 Å². The first-order valence-corrected chi connectivity index (χ1v) is 11.1. The van der Waals surface area contributed by atoms with E-state index in [4.69, 9.17) is 5.21 Å². The zero-order valence-corrected chi connectivity index (χ0v) is 18.1. The summed E-state index contributed by atoms with van der Waals surface area (Å²) in [6.07, 6.45) is 2.83. The summed E-state index contributed by atoms with van der Waals surface area (Å²) in [6.45, 7) is 3.86. The van der Waals surface area contributed by atoms with E-state index in [2.05, 4.69) is 20.5 Å². The van der Waals surface area contributed by atoms with E-state index in [1.807, 2.05) is 53.9 Å². The summed E-state index contributed by atoms with van der Waals surface area (Å²) in [4.78, 5) is 30.5. The molecule has 2 amide bonds. The Hall–Kier alpha value is -3.53. The Labute approximate surface area is 189 Å². The molecule has 1 aromatic heterocycles. The average Bonchev–Trinajstić information content (AvgIpc) is 3.32. The second kappa shape index (κ2) is 10.2. The molecular formula is C23H23N5O3S. The molecule has 0 bridgehead atoms. The lowest BCUT2D eigenvalue weighted by molar-refractivity contribution is -0.124. The van der Waals surface area contributed by atoms with Crippen LogP contribution in [0, 0.1) is 0 Å². The minimum absolute atomic E-state index is 0.194. The van der Waals surface area contributed by atoms with Crippen molar-refractivity contribution in [1.82, 2.24) is 15.8 Å². The molecule has 164 valence electrons.